The topological polar surface area (TPSA) is 51.5 Å². The summed E-state index contributed by atoms with van der Waals surface area (Å²) in [6, 6.07) is 2.23. The quantitative estimate of drug-likeness (QED) is 0.787. The molecule has 1 aliphatic heterocycles. The molecule has 2 aromatic heterocycles. The molecule has 0 amide bonds. The molecule has 22 heavy (non-hydrogen) atoms. The van der Waals surface area contributed by atoms with Gasteiger partial charge in [0.05, 0.1) is 25.1 Å². The molecule has 3 rings (SSSR count). The van der Waals surface area contributed by atoms with Gasteiger partial charge in [0.2, 0.25) is 0 Å². The first kappa shape index (κ1) is 15.6. The lowest BCUT2D eigenvalue weighted by Crippen LogP contribution is -3.14. The summed E-state index contributed by atoms with van der Waals surface area (Å²) in [4.78, 5) is 13.3. The van der Waals surface area contributed by atoms with Crippen LogP contribution in [0.25, 0.3) is 10.2 Å². The van der Waals surface area contributed by atoms with E-state index in [1.807, 2.05) is 6.92 Å². The van der Waals surface area contributed by atoms with Crippen molar-refractivity contribution in [1.82, 2.24) is 9.97 Å². The zero-order valence-electron chi connectivity index (χ0n) is 13.4. The average Bonchev–Trinajstić information content (AvgIpc) is 2.95. The van der Waals surface area contributed by atoms with Gasteiger partial charge in [0.15, 0.2) is 0 Å². The van der Waals surface area contributed by atoms with Crippen LogP contribution in [0.1, 0.15) is 24.0 Å². The Bertz CT molecular complexity index is 622. The molecule has 0 bridgehead atoms. The summed E-state index contributed by atoms with van der Waals surface area (Å²) in [7, 11) is 0. The smallest absolute Gasteiger partial charge is 0.138 e. The normalized spacial score (nSPS) is 16.3. The predicted octanol–water partition coefficient (Wildman–Crippen LogP) is 1.28. The second-order valence-corrected chi connectivity index (χ2v) is 6.91. The van der Waals surface area contributed by atoms with Gasteiger partial charge in [-0.3, -0.25) is 0 Å². The van der Waals surface area contributed by atoms with Crippen molar-refractivity contribution in [2.45, 2.75) is 26.7 Å². The summed E-state index contributed by atoms with van der Waals surface area (Å²) >= 11 is 1.78. The number of nitrogens with one attached hydrogen (secondary N) is 2. The number of morpholine rings is 1. The van der Waals surface area contributed by atoms with Crippen molar-refractivity contribution >= 4 is 27.4 Å². The second kappa shape index (κ2) is 7.35. The maximum absolute atomic E-state index is 5.40. The predicted molar refractivity (Wildman–Crippen MR) is 91.0 cm³/mol. The highest BCUT2D eigenvalue weighted by molar-refractivity contribution is 7.18. The molecular weight excluding hydrogens is 296 g/mol. The summed E-state index contributed by atoms with van der Waals surface area (Å²) in [6.07, 6.45) is 2.21. The highest BCUT2D eigenvalue weighted by Gasteiger charge is 2.13. The number of anilines is 1. The van der Waals surface area contributed by atoms with Crippen molar-refractivity contribution in [1.29, 1.82) is 0 Å². The number of hydrogen-bond donors (Lipinski definition) is 2. The summed E-state index contributed by atoms with van der Waals surface area (Å²) in [5.74, 6) is 1.84. The van der Waals surface area contributed by atoms with Crippen LogP contribution in [0.15, 0.2) is 6.07 Å². The van der Waals surface area contributed by atoms with Crippen molar-refractivity contribution in [2.75, 3.05) is 44.7 Å². The van der Waals surface area contributed by atoms with Crippen LogP contribution in [-0.2, 0) is 11.2 Å². The first-order chi connectivity index (χ1) is 10.8. The van der Waals surface area contributed by atoms with E-state index in [2.05, 4.69) is 28.3 Å². The van der Waals surface area contributed by atoms with Crippen LogP contribution in [0.5, 0.6) is 0 Å². The molecule has 1 saturated heterocycles. The van der Waals surface area contributed by atoms with Crippen molar-refractivity contribution in [2.24, 2.45) is 0 Å². The fourth-order valence-electron chi connectivity index (χ4n) is 2.84. The Morgan fingerprint density at radius 1 is 1.32 bits per heavy atom. The van der Waals surface area contributed by atoms with Crippen LogP contribution in [-0.4, -0.2) is 49.4 Å². The average molecular weight is 321 g/mol. The highest BCUT2D eigenvalue weighted by Crippen LogP contribution is 2.29. The van der Waals surface area contributed by atoms with Gasteiger partial charge in [-0.25, -0.2) is 9.97 Å². The lowest BCUT2D eigenvalue weighted by molar-refractivity contribution is -0.908. The van der Waals surface area contributed by atoms with Gasteiger partial charge < -0.3 is 15.0 Å². The number of quaternary nitrogens is 1. The maximum Gasteiger partial charge on any atom is 0.138 e. The fraction of sp³-hybridized carbons (Fsp3) is 0.625. The minimum absolute atomic E-state index is 0.846. The SMILES string of the molecule is CCc1cc2c(NCCC[NH+]3CCOCC3)nc(C)nc2s1. The van der Waals surface area contributed by atoms with Crippen LogP contribution in [0.3, 0.4) is 0 Å². The molecule has 1 fully saturated rings. The maximum atomic E-state index is 5.40. The van der Waals surface area contributed by atoms with E-state index in [1.165, 1.54) is 16.8 Å². The van der Waals surface area contributed by atoms with Gasteiger partial charge >= 0.3 is 0 Å². The number of hydrogen-bond acceptors (Lipinski definition) is 5. The number of rotatable bonds is 6. The molecule has 0 spiro atoms. The molecule has 0 radical (unpaired) electrons. The zero-order chi connectivity index (χ0) is 15.4. The lowest BCUT2D eigenvalue weighted by Gasteiger charge is -2.23. The molecule has 6 heteroatoms. The Morgan fingerprint density at radius 3 is 2.91 bits per heavy atom. The molecule has 120 valence electrons. The van der Waals surface area contributed by atoms with Crippen LogP contribution in [0.4, 0.5) is 5.82 Å². The van der Waals surface area contributed by atoms with Crippen molar-refractivity contribution in [3.05, 3.63) is 16.8 Å². The second-order valence-electron chi connectivity index (χ2n) is 5.80. The zero-order valence-corrected chi connectivity index (χ0v) is 14.3. The summed E-state index contributed by atoms with van der Waals surface area (Å²) in [5, 5.41) is 4.69. The molecule has 3 heterocycles. The minimum Gasteiger partial charge on any atom is -0.370 e. The standard InChI is InChI=1S/C16H24N4OS/c1-3-13-11-14-15(18-12(2)19-16(14)22-13)17-5-4-6-20-7-9-21-10-8-20/h11H,3-10H2,1-2H3,(H,17,18,19)/p+1. The Balaban J connectivity index is 1.59. The van der Waals surface area contributed by atoms with E-state index in [4.69, 9.17) is 4.74 Å². The van der Waals surface area contributed by atoms with Crippen LogP contribution in [0.2, 0.25) is 0 Å². The Kier molecular flexibility index (Phi) is 5.23. The Morgan fingerprint density at radius 2 is 2.14 bits per heavy atom. The molecule has 0 unspecified atom stereocenters. The Labute approximate surface area is 135 Å². The summed E-state index contributed by atoms with van der Waals surface area (Å²) < 4.78 is 5.40. The van der Waals surface area contributed by atoms with E-state index in [-0.39, 0.29) is 0 Å². The Hall–Kier alpha value is -1.24. The van der Waals surface area contributed by atoms with Crippen molar-refractivity contribution < 1.29 is 9.64 Å². The van der Waals surface area contributed by atoms with E-state index >= 15 is 0 Å². The van der Waals surface area contributed by atoms with Crippen LogP contribution in [0, 0.1) is 6.92 Å². The van der Waals surface area contributed by atoms with E-state index < -0.39 is 0 Å². The molecule has 1 aliphatic rings. The largest absolute Gasteiger partial charge is 0.370 e. The number of aromatic nitrogens is 2. The minimum atomic E-state index is 0.846. The molecule has 0 aliphatic carbocycles. The van der Waals surface area contributed by atoms with Gasteiger partial charge in [0, 0.05) is 17.8 Å². The number of ether oxygens (including phenoxy) is 1. The summed E-state index contributed by atoms with van der Waals surface area (Å²) in [5.41, 5.74) is 0. The highest BCUT2D eigenvalue weighted by atomic mass is 32.1. The first-order valence-corrected chi connectivity index (χ1v) is 9.00. The van der Waals surface area contributed by atoms with Crippen LogP contribution >= 0.6 is 11.3 Å². The summed E-state index contributed by atoms with van der Waals surface area (Å²) in [6.45, 7) is 10.4. The van der Waals surface area contributed by atoms with Crippen LogP contribution < -0.4 is 10.2 Å². The van der Waals surface area contributed by atoms with E-state index in [1.54, 1.807) is 16.2 Å². The molecule has 5 nitrogen and oxygen atoms in total. The first-order valence-electron chi connectivity index (χ1n) is 8.18. The monoisotopic (exact) mass is 321 g/mol. The molecule has 0 atom stereocenters. The molecule has 2 N–H and O–H groups in total. The van der Waals surface area contributed by atoms with Crippen molar-refractivity contribution in [3.63, 3.8) is 0 Å². The van der Waals surface area contributed by atoms with E-state index in [0.717, 1.165) is 62.2 Å². The van der Waals surface area contributed by atoms with Gasteiger partial charge in [-0.1, -0.05) is 6.92 Å². The third-order valence-corrected chi connectivity index (χ3v) is 5.28. The molecule has 2 aromatic rings. The molecular formula is C16H25N4OS+. The fourth-order valence-corrected chi connectivity index (χ4v) is 3.86. The number of aryl methyl sites for hydroxylation is 2. The van der Waals surface area contributed by atoms with Gasteiger partial charge in [-0.2, -0.15) is 0 Å². The van der Waals surface area contributed by atoms with Gasteiger partial charge in [-0.05, 0) is 19.4 Å². The van der Waals surface area contributed by atoms with E-state index in [9.17, 15) is 0 Å². The van der Waals surface area contributed by atoms with E-state index in [0.29, 0.717) is 0 Å². The van der Waals surface area contributed by atoms with Gasteiger partial charge in [0.1, 0.15) is 29.6 Å². The third kappa shape index (κ3) is 3.74. The van der Waals surface area contributed by atoms with Gasteiger partial charge in [0.25, 0.3) is 0 Å². The van der Waals surface area contributed by atoms with Gasteiger partial charge in [-0.15, -0.1) is 11.3 Å². The number of nitrogens with zero attached hydrogens (tertiary/aromatic N) is 2. The number of fused-ring (bicyclic) bond motifs is 1. The third-order valence-electron chi connectivity index (χ3n) is 4.10. The molecule has 0 saturated carbocycles. The number of thiophene rings is 1. The molecule has 0 aromatic carbocycles. The lowest BCUT2D eigenvalue weighted by atomic mass is 10.3. The van der Waals surface area contributed by atoms with Crippen molar-refractivity contribution in [3.8, 4) is 0 Å².